The first-order valence-electron chi connectivity index (χ1n) is 5.37. The number of rotatable bonds is 3. The third-order valence-electron chi connectivity index (χ3n) is 4.52. The number of hydrogen-bond donors (Lipinski definition) is 3. The minimum absolute atomic E-state index is 0.365. The zero-order chi connectivity index (χ0) is 9.47. The quantitative estimate of drug-likeness (QED) is 0.571. The highest BCUT2D eigenvalue weighted by atomic mass is 14.8. The first-order valence-corrected chi connectivity index (χ1v) is 5.37. The molecule has 0 radical (unpaired) electrons. The van der Waals surface area contributed by atoms with E-state index in [-0.39, 0.29) is 0 Å². The highest BCUT2D eigenvalue weighted by Gasteiger charge is 2.55. The number of nitrogens with two attached hydrogens (primary N) is 3. The summed E-state index contributed by atoms with van der Waals surface area (Å²) in [6, 6.07) is 0. The van der Waals surface area contributed by atoms with Gasteiger partial charge in [0.2, 0.25) is 0 Å². The summed E-state index contributed by atoms with van der Waals surface area (Å²) in [5.74, 6) is 2.07. The van der Waals surface area contributed by atoms with E-state index in [4.69, 9.17) is 17.2 Å². The zero-order valence-electron chi connectivity index (χ0n) is 8.21. The molecule has 2 fully saturated rings. The summed E-state index contributed by atoms with van der Waals surface area (Å²) in [5, 5.41) is 0. The highest BCUT2D eigenvalue weighted by Crippen LogP contribution is 2.59. The Hall–Kier alpha value is -0.120. The minimum Gasteiger partial charge on any atom is -0.330 e. The molecule has 0 spiro atoms. The van der Waals surface area contributed by atoms with Crippen molar-refractivity contribution in [2.24, 2.45) is 40.4 Å². The maximum Gasteiger partial charge on any atom is -0.00172 e. The fourth-order valence-electron chi connectivity index (χ4n) is 3.80. The van der Waals surface area contributed by atoms with E-state index < -0.39 is 0 Å². The Morgan fingerprint density at radius 3 is 2.46 bits per heavy atom. The molecule has 0 amide bonds. The lowest BCUT2D eigenvalue weighted by atomic mass is 9.70. The van der Waals surface area contributed by atoms with E-state index in [1.807, 2.05) is 0 Å². The summed E-state index contributed by atoms with van der Waals surface area (Å²) in [7, 11) is 0. The molecular formula is C10H21N3. The van der Waals surface area contributed by atoms with Crippen LogP contribution >= 0.6 is 0 Å². The van der Waals surface area contributed by atoms with Gasteiger partial charge in [0.15, 0.2) is 0 Å². The third kappa shape index (κ3) is 1.14. The summed E-state index contributed by atoms with van der Waals surface area (Å²) < 4.78 is 0. The molecule has 0 heterocycles. The molecule has 2 saturated carbocycles. The number of hydrogen-bond acceptors (Lipinski definition) is 3. The maximum absolute atomic E-state index is 5.89. The maximum atomic E-state index is 5.89. The average Bonchev–Trinajstić information content (AvgIpc) is 2.72. The van der Waals surface area contributed by atoms with Crippen LogP contribution in [0.5, 0.6) is 0 Å². The first-order chi connectivity index (χ1) is 6.27. The average molecular weight is 183 g/mol. The van der Waals surface area contributed by atoms with Gasteiger partial charge in [-0.05, 0) is 62.1 Å². The van der Waals surface area contributed by atoms with Gasteiger partial charge in [-0.15, -0.1) is 0 Å². The Labute approximate surface area is 80.0 Å². The van der Waals surface area contributed by atoms with Crippen LogP contribution < -0.4 is 17.2 Å². The largest absolute Gasteiger partial charge is 0.330 e. The molecule has 13 heavy (non-hydrogen) atoms. The van der Waals surface area contributed by atoms with E-state index in [1.165, 1.54) is 19.3 Å². The van der Waals surface area contributed by atoms with Crippen molar-refractivity contribution in [1.29, 1.82) is 0 Å². The van der Waals surface area contributed by atoms with Gasteiger partial charge in [0.05, 0.1) is 0 Å². The van der Waals surface area contributed by atoms with Crippen molar-refractivity contribution in [2.75, 3.05) is 19.6 Å². The van der Waals surface area contributed by atoms with E-state index in [9.17, 15) is 0 Å². The highest BCUT2D eigenvalue weighted by molar-refractivity contribution is 5.06. The second kappa shape index (κ2) is 3.23. The molecule has 2 rings (SSSR count). The molecule has 4 atom stereocenters. The van der Waals surface area contributed by atoms with Gasteiger partial charge in [0, 0.05) is 0 Å². The standard InChI is InChI=1S/C10H21N3/c11-4-8-7-1-2-10(3-7,6-13)9(8)5-12/h7-9H,1-6,11-13H2. The molecule has 4 unspecified atom stereocenters. The predicted octanol–water partition coefficient (Wildman–Crippen LogP) is -0.105. The molecule has 0 aliphatic heterocycles. The predicted molar refractivity (Wildman–Crippen MR) is 53.9 cm³/mol. The molecule has 0 aromatic rings. The van der Waals surface area contributed by atoms with Crippen LogP contribution in [0.15, 0.2) is 0 Å². The summed E-state index contributed by atoms with van der Waals surface area (Å²) >= 11 is 0. The fourth-order valence-corrected chi connectivity index (χ4v) is 3.80. The molecule has 2 bridgehead atoms. The Bertz CT molecular complexity index is 195. The lowest BCUT2D eigenvalue weighted by Crippen LogP contribution is -2.43. The van der Waals surface area contributed by atoms with E-state index >= 15 is 0 Å². The van der Waals surface area contributed by atoms with Crippen molar-refractivity contribution in [2.45, 2.75) is 19.3 Å². The molecule has 76 valence electrons. The van der Waals surface area contributed by atoms with Crippen LogP contribution in [0.3, 0.4) is 0 Å². The van der Waals surface area contributed by atoms with Crippen LogP contribution in [-0.4, -0.2) is 19.6 Å². The van der Waals surface area contributed by atoms with Gasteiger partial charge in [0.25, 0.3) is 0 Å². The van der Waals surface area contributed by atoms with Gasteiger partial charge in [-0.2, -0.15) is 0 Å². The molecular weight excluding hydrogens is 162 g/mol. The van der Waals surface area contributed by atoms with Gasteiger partial charge in [-0.25, -0.2) is 0 Å². The third-order valence-corrected chi connectivity index (χ3v) is 4.52. The molecule has 2 aliphatic carbocycles. The van der Waals surface area contributed by atoms with Gasteiger partial charge >= 0.3 is 0 Å². The Morgan fingerprint density at radius 2 is 1.92 bits per heavy atom. The van der Waals surface area contributed by atoms with E-state index in [2.05, 4.69) is 0 Å². The SMILES string of the molecule is NCC1C2CCC(CN)(C2)C1CN. The van der Waals surface area contributed by atoms with Crippen LogP contribution in [0, 0.1) is 23.2 Å². The molecule has 3 heteroatoms. The van der Waals surface area contributed by atoms with Gasteiger partial charge in [0.1, 0.15) is 0 Å². The van der Waals surface area contributed by atoms with Crippen LogP contribution in [0.2, 0.25) is 0 Å². The fraction of sp³-hybridized carbons (Fsp3) is 1.00. The molecule has 2 aliphatic rings. The summed E-state index contributed by atoms with van der Waals surface area (Å²) in [6.45, 7) is 2.38. The molecule has 0 aromatic heterocycles. The Morgan fingerprint density at radius 1 is 1.15 bits per heavy atom. The van der Waals surface area contributed by atoms with Crippen molar-refractivity contribution in [3.05, 3.63) is 0 Å². The van der Waals surface area contributed by atoms with Gasteiger partial charge in [-0.1, -0.05) is 0 Å². The van der Waals surface area contributed by atoms with E-state index in [1.54, 1.807) is 0 Å². The normalized spacial score (nSPS) is 48.7. The van der Waals surface area contributed by atoms with Crippen molar-refractivity contribution in [3.8, 4) is 0 Å². The molecule has 6 N–H and O–H groups in total. The smallest absolute Gasteiger partial charge is 0.00172 e. The minimum atomic E-state index is 0.365. The van der Waals surface area contributed by atoms with Crippen molar-refractivity contribution >= 4 is 0 Å². The number of fused-ring (bicyclic) bond motifs is 2. The molecule has 0 aromatic carbocycles. The Balaban J connectivity index is 2.20. The topological polar surface area (TPSA) is 78.1 Å². The molecule has 0 saturated heterocycles. The van der Waals surface area contributed by atoms with Gasteiger partial charge in [-0.3, -0.25) is 0 Å². The zero-order valence-corrected chi connectivity index (χ0v) is 8.21. The van der Waals surface area contributed by atoms with Crippen LogP contribution in [0.25, 0.3) is 0 Å². The van der Waals surface area contributed by atoms with Crippen molar-refractivity contribution < 1.29 is 0 Å². The van der Waals surface area contributed by atoms with Crippen LogP contribution in [0.4, 0.5) is 0 Å². The lowest BCUT2D eigenvalue weighted by Gasteiger charge is -2.37. The van der Waals surface area contributed by atoms with Crippen LogP contribution in [-0.2, 0) is 0 Å². The van der Waals surface area contributed by atoms with E-state index in [0.717, 1.165) is 25.6 Å². The van der Waals surface area contributed by atoms with Gasteiger partial charge < -0.3 is 17.2 Å². The first kappa shape index (κ1) is 9.44. The molecule has 3 nitrogen and oxygen atoms in total. The van der Waals surface area contributed by atoms with Crippen molar-refractivity contribution in [3.63, 3.8) is 0 Å². The second-order valence-electron chi connectivity index (χ2n) is 4.81. The lowest BCUT2D eigenvalue weighted by molar-refractivity contribution is 0.146. The summed E-state index contributed by atoms with van der Waals surface area (Å²) in [6.07, 6.45) is 3.90. The Kier molecular flexibility index (Phi) is 2.34. The second-order valence-corrected chi connectivity index (χ2v) is 4.81. The van der Waals surface area contributed by atoms with E-state index in [0.29, 0.717) is 17.3 Å². The summed E-state index contributed by atoms with van der Waals surface area (Å²) in [4.78, 5) is 0. The summed E-state index contributed by atoms with van der Waals surface area (Å²) in [5.41, 5.74) is 17.9. The van der Waals surface area contributed by atoms with Crippen molar-refractivity contribution in [1.82, 2.24) is 0 Å². The monoisotopic (exact) mass is 183 g/mol. The van der Waals surface area contributed by atoms with Crippen LogP contribution in [0.1, 0.15) is 19.3 Å².